The highest BCUT2D eigenvalue weighted by molar-refractivity contribution is 6.01. The van der Waals surface area contributed by atoms with Crippen molar-refractivity contribution in [2.45, 2.75) is 255 Å². The average Bonchev–Trinajstić information content (AvgIpc) is 1.65. The Morgan fingerprint density at radius 3 is 1.53 bits per heavy atom. The van der Waals surface area contributed by atoms with E-state index in [0.717, 1.165) is 16.8 Å². The molecule has 1 saturated heterocycles. The van der Waals surface area contributed by atoms with E-state index in [1.54, 1.807) is 159 Å². The van der Waals surface area contributed by atoms with Crippen LogP contribution in [0, 0.1) is 53.3 Å². The fraction of sp³-hybridized carbons (Fsp3) is 0.675. The average molecular weight is 1600 g/mol. The first-order valence-electron chi connectivity index (χ1n) is 39.9. The fourth-order valence-electron chi connectivity index (χ4n) is 14.8. The van der Waals surface area contributed by atoms with E-state index < -0.39 is 215 Å². The molecule has 4 rings (SSSR count). The second kappa shape index (κ2) is 42.9. The molecule has 17 atom stereocenters. The van der Waals surface area contributed by atoms with Crippen LogP contribution in [0.15, 0.2) is 54.7 Å². The summed E-state index contributed by atoms with van der Waals surface area (Å²) in [6.45, 7) is 33.0. The molecule has 2 heterocycles. The molecular weight excluding hydrogens is 1460 g/mol. The van der Waals surface area contributed by atoms with E-state index in [4.69, 9.17) is 9.47 Å². The lowest BCUT2D eigenvalue weighted by atomic mass is 9.93. The third kappa shape index (κ3) is 24.2. The van der Waals surface area contributed by atoms with Crippen molar-refractivity contribution in [3.8, 4) is 5.75 Å². The predicted octanol–water partition coefficient (Wildman–Crippen LogP) is 3.92. The van der Waals surface area contributed by atoms with Crippen LogP contribution in [-0.4, -0.2) is 269 Å². The SMILES string of the molecule is CC[C@@H](C)[C@@H](C(=O)NC1C(=O)N(C)C([C@@H](C)O)C(=O)N[C@@H](C(C)C)C(=O)N(C)C(CC(C)C)C(=O)N[C@@H](C(C)C)C(=O)N(C)[C@@H](C(C)C)C(=O)N(C)C(Cc2c[nH]c3cccc(OC)c23)C(=O)N[C@@H](C(C)C)C(=O)NC([C@H](O)c2ccccc2)C(=O)N[C@@H](C(C)C)C(=O)O[C@@H]1C)N(C)C(=O)[C@@H](NC(=O)[C@H](C(C)C)N(C)C)C(C)C. The van der Waals surface area contributed by atoms with Crippen LogP contribution >= 0.6 is 0 Å². The molecule has 0 saturated carbocycles. The normalized spacial score (nSPS) is 24.3. The van der Waals surface area contributed by atoms with Crippen LogP contribution in [0.25, 0.3) is 10.9 Å². The number of esters is 1. The molecule has 31 heteroatoms. The lowest BCUT2D eigenvalue weighted by Gasteiger charge is -2.39. The molecule has 1 aromatic heterocycles. The molecule has 1 aliphatic heterocycles. The van der Waals surface area contributed by atoms with Crippen molar-refractivity contribution in [3.63, 3.8) is 0 Å². The minimum atomic E-state index is -2.02. The number of nitrogens with one attached hydrogen (secondary N) is 8. The monoisotopic (exact) mass is 1600 g/mol. The van der Waals surface area contributed by atoms with Gasteiger partial charge in [-0.25, -0.2) is 4.79 Å². The van der Waals surface area contributed by atoms with E-state index in [-0.39, 0.29) is 36.7 Å². The number of amides is 12. The summed E-state index contributed by atoms with van der Waals surface area (Å²) in [6.07, 6.45) is -3.66. The molecule has 0 radical (unpaired) electrons. The maximum Gasteiger partial charge on any atom is 0.329 e. The van der Waals surface area contributed by atoms with E-state index in [9.17, 15) is 19.8 Å². The summed E-state index contributed by atoms with van der Waals surface area (Å²) in [5, 5.41) is 44.0. The molecular formula is C83H134N14O17. The highest BCUT2D eigenvalue weighted by Gasteiger charge is 2.48. The van der Waals surface area contributed by atoms with Crippen LogP contribution in [0.1, 0.15) is 169 Å². The van der Waals surface area contributed by atoms with Gasteiger partial charge in [0.05, 0.1) is 19.3 Å². The highest BCUT2D eigenvalue weighted by Crippen LogP contribution is 2.32. The minimum absolute atomic E-state index is 0.0286. The Balaban J connectivity index is 2.09. The third-order valence-corrected chi connectivity index (χ3v) is 21.7. The zero-order valence-electron chi connectivity index (χ0n) is 72.5. The number of ether oxygens (including phenoxy) is 2. The Kier molecular flexibility index (Phi) is 36.6. The number of nitrogens with zero attached hydrogens (tertiary/aromatic N) is 6. The van der Waals surface area contributed by atoms with Crippen molar-refractivity contribution in [2.24, 2.45) is 53.3 Å². The van der Waals surface area contributed by atoms with Crippen molar-refractivity contribution in [3.05, 3.63) is 65.9 Å². The van der Waals surface area contributed by atoms with Crippen molar-refractivity contribution < 1.29 is 82.0 Å². The molecule has 0 spiro atoms. The molecule has 5 unspecified atom stereocenters. The summed E-state index contributed by atoms with van der Waals surface area (Å²) >= 11 is 0. The van der Waals surface area contributed by atoms with Gasteiger partial charge in [0.15, 0.2) is 0 Å². The molecule has 2 aromatic carbocycles. The summed E-state index contributed by atoms with van der Waals surface area (Å²) in [7, 11) is 11.6. The predicted molar refractivity (Wildman–Crippen MR) is 434 cm³/mol. The fourth-order valence-corrected chi connectivity index (χ4v) is 14.8. The molecule has 114 heavy (non-hydrogen) atoms. The molecule has 0 bridgehead atoms. The van der Waals surface area contributed by atoms with E-state index in [1.807, 2.05) is 27.7 Å². The van der Waals surface area contributed by atoms with E-state index in [0.29, 0.717) is 22.2 Å². The molecule has 1 aliphatic rings. The lowest BCUT2D eigenvalue weighted by Crippen LogP contribution is -2.65. The van der Waals surface area contributed by atoms with Crippen LogP contribution < -0.4 is 42.0 Å². The quantitative estimate of drug-likeness (QED) is 0.0568. The molecule has 10 N–H and O–H groups in total. The second-order valence-corrected chi connectivity index (χ2v) is 33.8. The van der Waals surface area contributed by atoms with Crippen molar-refractivity contribution in [2.75, 3.05) is 56.4 Å². The largest absolute Gasteiger partial charge is 0.496 e. The topological polar surface area (TPSA) is 400 Å². The third-order valence-electron chi connectivity index (χ3n) is 21.7. The first kappa shape index (κ1) is 97.1. The number of aromatic nitrogens is 1. The molecule has 3 aromatic rings. The number of hydrogen-bond donors (Lipinski definition) is 10. The number of H-pyrrole nitrogens is 1. The number of cyclic esters (lactones) is 1. The van der Waals surface area contributed by atoms with Gasteiger partial charge in [-0.15, -0.1) is 0 Å². The summed E-state index contributed by atoms with van der Waals surface area (Å²) in [4.78, 5) is 208. The van der Waals surface area contributed by atoms with Gasteiger partial charge in [-0.05, 0) is 111 Å². The minimum Gasteiger partial charge on any atom is -0.496 e. The van der Waals surface area contributed by atoms with Gasteiger partial charge in [0.2, 0.25) is 70.9 Å². The van der Waals surface area contributed by atoms with Crippen LogP contribution in [-0.2, 0) is 73.5 Å². The number of hydrogen-bond acceptors (Lipinski definition) is 18. The van der Waals surface area contributed by atoms with Gasteiger partial charge in [0.1, 0.15) is 90.5 Å². The van der Waals surface area contributed by atoms with Gasteiger partial charge >= 0.3 is 5.97 Å². The van der Waals surface area contributed by atoms with Gasteiger partial charge in [0, 0.05) is 58.8 Å². The number of aliphatic hydroxyl groups is 2. The number of aliphatic hydroxyl groups excluding tert-OH is 2. The van der Waals surface area contributed by atoms with Gasteiger partial charge in [0.25, 0.3) is 0 Å². The maximum atomic E-state index is 15.8. The Labute approximate surface area is 674 Å². The number of aromatic amines is 1. The molecule has 0 aliphatic carbocycles. The van der Waals surface area contributed by atoms with Crippen LogP contribution in [0.5, 0.6) is 5.75 Å². The van der Waals surface area contributed by atoms with Crippen LogP contribution in [0.2, 0.25) is 0 Å². The lowest BCUT2D eigenvalue weighted by molar-refractivity contribution is -0.161. The van der Waals surface area contributed by atoms with Crippen molar-refractivity contribution >= 4 is 87.8 Å². The summed E-state index contributed by atoms with van der Waals surface area (Å²) in [6, 6.07) is -6.23. The Bertz CT molecular complexity index is 3800. The number of fused-ring (bicyclic) bond motifs is 1. The molecule has 638 valence electrons. The first-order chi connectivity index (χ1) is 53.0. The molecule has 1 fully saturated rings. The van der Waals surface area contributed by atoms with Crippen LogP contribution in [0.3, 0.4) is 0 Å². The zero-order valence-corrected chi connectivity index (χ0v) is 72.5. The number of methoxy groups -OCH3 is 1. The number of likely N-dealkylation sites (N-methyl/N-ethyl adjacent to an activating group) is 6. The number of benzene rings is 2. The zero-order chi connectivity index (χ0) is 86.8. The highest BCUT2D eigenvalue weighted by atomic mass is 16.5. The van der Waals surface area contributed by atoms with Crippen molar-refractivity contribution in [1.29, 1.82) is 0 Å². The molecule has 12 amide bonds. The number of carbonyl (C=O) groups is 13. The van der Waals surface area contributed by atoms with Gasteiger partial charge in [-0.3, -0.25) is 62.4 Å². The van der Waals surface area contributed by atoms with E-state index >= 15 is 52.7 Å². The van der Waals surface area contributed by atoms with E-state index in [2.05, 4.69) is 42.2 Å². The number of carbonyl (C=O) groups excluding carboxylic acids is 13. The molecule has 31 nitrogen and oxygen atoms in total. The standard InChI is InChI=1S/C83H134N14O17/c1-29-49(18)68(96(26)80(109)62(45(10)11)87-75(104)66(47(14)15)92(21)22)76(105)90-64-51(20)114-83(112)63(46(12)13)89-74(103)65(70(99)52-34-31-30-32-35-52)91-73(102)59(42(4)5)85-72(101)56(39-53-40-84-54-36-33-37-57(113-28)58(53)54)94(24)82(111)67(48(16)17)95(25)79(108)61(44(8)9)86-71(100)55(38-41(2)3)93(23)78(107)60(43(6)7)88-77(106)69(50(19)98)97(27)81(64)110/h30-37,40-51,55-56,59-70,84,98-99H,29,38-39H2,1-28H3,(H,85,101)(H,86,100)(H,87,104)(H,88,106)(H,89,103)(H,90,105)(H,91,102)/t49-,50-,51-,55?,56?,59+,60+,61+,62+,63+,64?,65?,66+,67+,68+,69?,70-/m1/s1. The van der Waals surface area contributed by atoms with Gasteiger partial charge in [-0.2, -0.15) is 0 Å². The Hall–Kier alpha value is -9.23. The Morgan fingerprint density at radius 1 is 0.544 bits per heavy atom. The summed E-state index contributed by atoms with van der Waals surface area (Å²) in [5.74, 6) is -16.5. The van der Waals surface area contributed by atoms with Gasteiger partial charge < -0.3 is 86.4 Å². The number of rotatable bonds is 24. The summed E-state index contributed by atoms with van der Waals surface area (Å²) in [5.41, 5.74) is 1.27. The van der Waals surface area contributed by atoms with Crippen molar-refractivity contribution in [1.82, 2.24) is 71.6 Å². The van der Waals surface area contributed by atoms with E-state index in [1.165, 1.54) is 76.0 Å². The maximum absolute atomic E-state index is 15.8. The smallest absolute Gasteiger partial charge is 0.329 e. The summed E-state index contributed by atoms with van der Waals surface area (Å²) < 4.78 is 11.9. The van der Waals surface area contributed by atoms with Crippen LogP contribution in [0.4, 0.5) is 0 Å². The van der Waals surface area contributed by atoms with Gasteiger partial charge in [-0.1, -0.05) is 167 Å². The second-order valence-electron chi connectivity index (χ2n) is 33.8. The first-order valence-corrected chi connectivity index (χ1v) is 39.9. The Morgan fingerprint density at radius 2 is 1.04 bits per heavy atom.